The number of amides is 1. The number of rotatable bonds is 4. The largest absolute Gasteiger partial charge is 0.394 e. The van der Waals surface area contributed by atoms with E-state index < -0.39 is 6.04 Å². The van der Waals surface area contributed by atoms with E-state index in [1.54, 1.807) is 4.90 Å². The van der Waals surface area contributed by atoms with Crippen LogP contribution >= 0.6 is 0 Å². The number of aliphatic hydroxyl groups is 1. The molecule has 3 N–H and O–H groups in total. The van der Waals surface area contributed by atoms with Crippen LogP contribution in [-0.2, 0) is 11.2 Å². The molecule has 1 aromatic rings. The van der Waals surface area contributed by atoms with Gasteiger partial charge in [0.1, 0.15) is 0 Å². The second-order valence-electron chi connectivity index (χ2n) is 4.81. The van der Waals surface area contributed by atoms with Crippen molar-refractivity contribution in [1.82, 2.24) is 4.90 Å². The molecule has 4 heteroatoms. The maximum absolute atomic E-state index is 12.2. The minimum Gasteiger partial charge on any atom is -0.394 e. The second kappa shape index (κ2) is 5.98. The van der Waals surface area contributed by atoms with Crippen LogP contribution in [0.2, 0.25) is 0 Å². The van der Waals surface area contributed by atoms with E-state index in [1.807, 2.05) is 30.3 Å². The summed E-state index contributed by atoms with van der Waals surface area (Å²) in [5.41, 5.74) is 7.04. The zero-order valence-electron chi connectivity index (χ0n) is 10.5. The minimum atomic E-state index is -0.514. The molecule has 0 aliphatic carbocycles. The van der Waals surface area contributed by atoms with Gasteiger partial charge >= 0.3 is 0 Å². The van der Waals surface area contributed by atoms with Gasteiger partial charge in [-0.2, -0.15) is 0 Å². The van der Waals surface area contributed by atoms with Crippen LogP contribution in [0.1, 0.15) is 18.4 Å². The van der Waals surface area contributed by atoms with Crippen molar-refractivity contribution in [1.29, 1.82) is 0 Å². The van der Waals surface area contributed by atoms with E-state index in [0.29, 0.717) is 13.0 Å². The molecule has 1 fully saturated rings. The molecule has 1 heterocycles. The second-order valence-corrected chi connectivity index (χ2v) is 4.81. The Morgan fingerprint density at radius 2 is 2.17 bits per heavy atom. The Kier molecular flexibility index (Phi) is 4.33. The molecule has 0 bridgehead atoms. The van der Waals surface area contributed by atoms with Crippen molar-refractivity contribution in [2.45, 2.75) is 31.3 Å². The fourth-order valence-corrected chi connectivity index (χ4v) is 2.48. The van der Waals surface area contributed by atoms with Gasteiger partial charge in [0.2, 0.25) is 5.91 Å². The molecule has 98 valence electrons. The van der Waals surface area contributed by atoms with Gasteiger partial charge in [-0.25, -0.2) is 0 Å². The van der Waals surface area contributed by atoms with E-state index in [0.717, 1.165) is 18.4 Å². The van der Waals surface area contributed by atoms with Gasteiger partial charge in [-0.3, -0.25) is 4.79 Å². The van der Waals surface area contributed by atoms with Gasteiger partial charge in [-0.05, 0) is 24.8 Å². The van der Waals surface area contributed by atoms with Crippen LogP contribution in [0.5, 0.6) is 0 Å². The summed E-state index contributed by atoms with van der Waals surface area (Å²) in [4.78, 5) is 13.9. The topological polar surface area (TPSA) is 66.6 Å². The summed E-state index contributed by atoms with van der Waals surface area (Å²) in [6, 6.07) is 9.22. The first-order valence-corrected chi connectivity index (χ1v) is 6.43. The Bertz CT molecular complexity index is 394. The quantitative estimate of drug-likeness (QED) is 0.817. The molecular weight excluding hydrogens is 228 g/mol. The predicted octanol–water partition coefficient (Wildman–Crippen LogP) is 0.540. The number of hydrogen-bond donors (Lipinski definition) is 2. The van der Waals surface area contributed by atoms with Crippen LogP contribution in [0.3, 0.4) is 0 Å². The third-order valence-corrected chi connectivity index (χ3v) is 3.49. The molecule has 1 saturated heterocycles. The van der Waals surface area contributed by atoms with Gasteiger partial charge in [0.05, 0.1) is 18.7 Å². The lowest BCUT2D eigenvalue weighted by Gasteiger charge is -2.26. The van der Waals surface area contributed by atoms with E-state index >= 15 is 0 Å². The Hall–Kier alpha value is -1.39. The number of benzene rings is 1. The molecule has 1 aliphatic heterocycles. The normalized spacial score (nSPS) is 21.0. The monoisotopic (exact) mass is 248 g/mol. The highest BCUT2D eigenvalue weighted by Gasteiger charge is 2.30. The van der Waals surface area contributed by atoms with E-state index in [-0.39, 0.29) is 18.6 Å². The Morgan fingerprint density at radius 1 is 1.44 bits per heavy atom. The first-order chi connectivity index (χ1) is 8.72. The molecule has 1 aromatic carbocycles. The van der Waals surface area contributed by atoms with Crippen molar-refractivity contribution in [3.63, 3.8) is 0 Å². The number of aliphatic hydroxyl groups excluding tert-OH is 1. The molecule has 2 atom stereocenters. The summed E-state index contributed by atoms with van der Waals surface area (Å²) >= 11 is 0. The smallest absolute Gasteiger partial charge is 0.240 e. The van der Waals surface area contributed by atoms with Crippen LogP contribution < -0.4 is 5.73 Å². The van der Waals surface area contributed by atoms with Crippen LogP contribution in [0, 0.1) is 0 Å². The average molecular weight is 248 g/mol. The number of hydrogen-bond acceptors (Lipinski definition) is 3. The molecule has 0 aromatic heterocycles. The maximum atomic E-state index is 12.2. The number of carbonyl (C=O) groups is 1. The Balaban J connectivity index is 1.96. The van der Waals surface area contributed by atoms with E-state index in [1.165, 1.54) is 0 Å². The fraction of sp³-hybridized carbons (Fsp3) is 0.500. The molecular formula is C14H20N2O2. The Morgan fingerprint density at radius 3 is 2.83 bits per heavy atom. The van der Waals surface area contributed by atoms with E-state index in [4.69, 9.17) is 5.73 Å². The van der Waals surface area contributed by atoms with Gasteiger partial charge < -0.3 is 15.7 Å². The molecule has 18 heavy (non-hydrogen) atoms. The lowest BCUT2D eigenvalue weighted by Crippen LogP contribution is -2.47. The summed E-state index contributed by atoms with van der Waals surface area (Å²) in [6.45, 7) is 0.746. The van der Waals surface area contributed by atoms with Crippen molar-refractivity contribution in [3.8, 4) is 0 Å². The van der Waals surface area contributed by atoms with Crippen molar-refractivity contribution in [2.75, 3.05) is 13.2 Å². The highest BCUT2D eigenvalue weighted by Crippen LogP contribution is 2.18. The van der Waals surface area contributed by atoms with Gasteiger partial charge in [0.25, 0.3) is 0 Å². The highest BCUT2D eigenvalue weighted by atomic mass is 16.3. The molecule has 1 amide bonds. The zero-order chi connectivity index (χ0) is 13.0. The zero-order valence-corrected chi connectivity index (χ0v) is 10.5. The molecule has 2 rings (SSSR count). The van der Waals surface area contributed by atoms with Crippen molar-refractivity contribution >= 4 is 5.91 Å². The van der Waals surface area contributed by atoms with Crippen LogP contribution in [0.25, 0.3) is 0 Å². The SMILES string of the molecule is NC(Cc1ccccc1)C(=O)N1CCC[C@H]1CO. The molecule has 0 spiro atoms. The molecule has 0 radical (unpaired) electrons. The first-order valence-electron chi connectivity index (χ1n) is 6.43. The number of carbonyl (C=O) groups excluding carboxylic acids is 1. The van der Waals surface area contributed by atoms with Crippen molar-refractivity contribution < 1.29 is 9.90 Å². The summed E-state index contributed by atoms with van der Waals surface area (Å²) in [6.07, 6.45) is 2.38. The molecule has 4 nitrogen and oxygen atoms in total. The first kappa shape index (κ1) is 13.1. The summed E-state index contributed by atoms with van der Waals surface area (Å²) in [5, 5.41) is 9.22. The fourth-order valence-electron chi connectivity index (χ4n) is 2.48. The highest BCUT2D eigenvalue weighted by molar-refractivity contribution is 5.82. The lowest BCUT2D eigenvalue weighted by molar-refractivity contribution is -0.134. The molecule has 0 saturated carbocycles. The summed E-state index contributed by atoms with van der Waals surface area (Å²) in [5.74, 6) is -0.0459. The van der Waals surface area contributed by atoms with Crippen LogP contribution in [0.4, 0.5) is 0 Å². The van der Waals surface area contributed by atoms with Gasteiger partial charge in [-0.1, -0.05) is 30.3 Å². The minimum absolute atomic E-state index is 0.0315. The van der Waals surface area contributed by atoms with Gasteiger partial charge in [0, 0.05) is 6.54 Å². The van der Waals surface area contributed by atoms with Crippen molar-refractivity contribution in [2.24, 2.45) is 5.73 Å². The summed E-state index contributed by atoms with van der Waals surface area (Å²) in [7, 11) is 0. The van der Waals surface area contributed by atoms with E-state index in [9.17, 15) is 9.90 Å². The third kappa shape index (κ3) is 2.89. The van der Waals surface area contributed by atoms with E-state index in [2.05, 4.69) is 0 Å². The summed E-state index contributed by atoms with van der Waals surface area (Å²) < 4.78 is 0. The molecule has 1 unspecified atom stereocenters. The van der Waals surface area contributed by atoms with Crippen LogP contribution in [-0.4, -0.2) is 41.1 Å². The van der Waals surface area contributed by atoms with Gasteiger partial charge in [0.15, 0.2) is 0 Å². The average Bonchev–Trinajstić information content (AvgIpc) is 2.87. The Labute approximate surface area is 107 Å². The molecule has 1 aliphatic rings. The van der Waals surface area contributed by atoms with Gasteiger partial charge in [-0.15, -0.1) is 0 Å². The predicted molar refractivity (Wildman–Crippen MR) is 69.9 cm³/mol. The number of nitrogens with two attached hydrogens (primary N) is 1. The number of likely N-dealkylation sites (tertiary alicyclic amines) is 1. The third-order valence-electron chi connectivity index (χ3n) is 3.49. The van der Waals surface area contributed by atoms with Crippen LogP contribution in [0.15, 0.2) is 30.3 Å². The van der Waals surface area contributed by atoms with Crippen molar-refractivity contribution in [3.05, 3.63) is 35.9 Å². The number of nitrogens with zero attached hydrogens (tertiary/aromatic N) is 1. The lowest BCUT2D eigenvalue weighted by atomic mass is 10.1. The standard InChI is InChI=1S/C14H20N2O2/c15-13(9-11-5-2-1-3-6-11)14(18)16-8-4-7-12(16)10-17/h1-3,5-6,12-13,17H,4,7-10,15H2/t12-,13?/m0/s1. The maximum Gasteiger partial charge on any atom is 0.240 e.